The Bertz CT molecular complexity index is 809. The third kappa shape index (κ3) is 3.88. The Labute approximate surface area is 139 Å². The topological polar surface area (TPSA) is 59.1 Å². The zero-order valence-corrected chi connectivity index (χ0v) is 13.5. The number of ether oxygens (including phenoxy) is 1. The molecule has 1 heterocycles. The van der Waals surface area contributed by atoms with E-state index in [1.165, 1.54) is 0 Å². The van der Waals surface area contributed by atoms with Crippen molar-refractivity contribution in [3.8, 4) is 0 Å². The van der Waals surface area contributed by atoms with Crippen molar-refractivity contribution in [1.29, 1.82) is 0 Å². The fourth-order valence-corrected chi connectivity index (χ4v) is 2.42. The van der Waals surface area contributed by atoms with Crippen LogP contribution in [0.15, 0.2) is 48.5 Å². The van der Waals surface area contributed by atoms with E-state index in [9.17, 15) is 0 Å². The van der Waals surface area contributed by atoms with E-state index in [0.29, 0.717) is 24.1 Å². The van der Waals surface area contributed by atoms with Crippen molar-refractivity contribution in [2.75, 3.05) is 30.9 Å². The van der Waals surface area contributed by atoms with Gasteiger partial charge in [-0.15, -0.1) is 0 Å². The summed E-state index contributed by atoms with van der Waals surface area (Å²) in [5.41, 5.74) is 1.71. The second kappa shape index (κ2) is 7.26. The molecule has 0 radical (unpaired) electrons. The minimum atomic E-state index is 0.519. The molecule has 2 N–H and O–H groups in total. The lowest BCUT2D eigenvalue weighted by molar-refractivity contribution is 0.210. The Hall–Kier alpha value is -2.37. The third-order valence-electron chi connectivity index (χ3n) is 3.28. The molecular weight excluding hydrogens is 312 g/mol. The van der Waals surface area contributed by atoms with Crippen LogP contribution in [0.25, 0.3) is 10.9 Å². The van der Waals surface area contributed by atoms with Gasteiger partial charge < -0.3 is 15.4 Å². The summed E-state index contributed by atoms with van der Waals surface area (Å²) in [4.78, 5) is 9.12. The second-order valence-corrected chi connectivity index (χ2v) is 5.40. The summed E-state index contributed by atoms with van der Waals surface area (Å²) >= 11 is 6.01. The van der Waals surface area contributed by atoms with E-state index in [1.54, 1.807) is 7.11 Å². The average Bonchev–Trinajstić information content (AvgIpc) is 2.55. The lowest BCUT2D eigenvalue weighted by Gasteiger charge is -2.11. The molecule has 1 aromatic heterocycles. The maximum atomic E-state index is 6.01. The number of hydrogen-bond acceptors (Lipinski definition) is 5. The molecule has 3 aromatic rings. The number of anilines is 3. The molecule has 3 rings (SSSR count). The summed E-state index contributed by atoms with van der Waals surface area (Å²) in [5.74, 6) is 1.29. The van der Waals surface area contributed by atoms with E-state index >= 15 is 0 Å². The first kappa shape index (κ1) is 15.5. The first-order valence-electron chi connectivity index (χ1n) is 7.28. The molecule has 118 valence electrons. The molecule has 23 heavy (non-hydrogen) atoms. The first-order chi connectivity index (χ1) is 11.3. The second-order valence-electron chi connectivity index (χ2n) is 4.97. The highest BCUT2D eigenvalue weighted by Gasteiger charge is 2.07. The van der Waals surface area contributed by atoms with Crippen LogP contribution in [-0.4, -0.2) is 30.2 Å². The standard InChI is InChI=1S/C17H17ClN4O/c1-23-10-9-19-16-14-7-2-3-8-15(14)21-17(22-16)20-13-6-4-5-12(18)11-13/h2-8,11H,9-10H2,1H3,(H2,19,20,21,22). The van der Waals surface area contributed by atoms with Crippen molar-refractivity contribution in [2.24, 2.45) is 0 Å². The zero-order chi connectivity index (χ0) is 16.1. The van der Waals surface area contributed by atoms with Gasteiger partial charge in [-0.2, -0.15) is 4.98 Å². The number of nitrogens with zero attached hydrogens (tertiary/aromatic N) is 2. The summed E-state index contributed by atoms with van der Waals surface area (Å²) in [6, 6.07) is 15.3. The molecule has 0 fully saturated rings. The van der Waals surface area contributed by atoms with Gasteiger partial charge in [-0.05, 0) is 30.3 Å². The Morgan fingerprint density at radius 3 is 2.78 bits per heavy atom. The number of benzene rings is 2. The van der Waals surface area contributed by atoms with E-state index < -0.39 is 0 Å². The highest BCUT2D eigenvalue weighted by atomic mass is 35.5. The number of nitrogens with one attached hydrogen (secondary N) is 2. The van der Waals surface area contributed by atoms with Gasteiger partial charge >= 0.3 is 0 Å². The van der Waals surface area contributed by atoms with Crippen LogP contribution < -0.4 is 10.6 Å². The summed E-state index contributed by atoms with van der Waals surface area (Å²) in [6.45, 7) is 1.28. The Kier molecular flexibility index (Phi) is 4.90. The van der Waals surface area contributed by atoms with Crippen molar-refractivity contribution in [3.05, 3.63) is 53.6 Å². The van der Waals surface area contributed by atoms with Crippen LogP contribution in [-0.2, 0) is 4.74 Å². The van der Waals surface area contributed by atoms with Gasteiger partial charge in [-0.3, -0.25) is 0 Å². The number of hydrogen-bond donors (Lipinski definition) is 2. The summed E-state index contributed by atoms with van der Waals surface area (Å²) in [5, 5.41) is 8.11. The highest BCUT2D eigenvalue weighted by molar-refractivity contribution is 6.30. The van der Waals surface area contributed by atoms with Crippen LogP contribution in [0, 0.1) is 0 Å². The normalized spacial score (nSPS) is 10.7. The van der Waals surface area contributed by atoms with Crippen molar-refractivity contribution < 1.29 is 4.74 Å². The minimum absolute atomic E-state index is 0.519. The van der Waals surface area contributed by atoms with Gasteiger partial charge in [-0.1, -0.05) is 29.8 Å². The molecule has 2 aromatic carbocycles. The van der Waals surface area contributed by atoms with E-state index in [1.807, 2.05) is 48.5 Å². The van der Waals surface area contributed by atoms with Crippen LogP contribution in [0.2, 0.25) is 5.02 Å². The number of halogens is 1. The zero-order valence-electron chi connectivity index (χ0n) is 12.7. The van der Waals surface area contributed by atoms with Crippen molar-refractivity contribution in [1.82, 2.24) is 9.97 Å². The van der Waals surface area contributed by atoms with Crippen LogP contribution >= 0.6 is 11.6 Å². The smallest absolute Gasteiger partial charge is 0.229 e. The van der Waals surface area contributed by atoms with Gasteiger partial charge in [0.05, 0.1) is 12.1 Å². The maximum absolute atomic E-state index is 6.01. The first-order valence-corrected chi connectivity index (χ1v) is 7.66. The lowest BCUT2D eigenvalue weighted by Crippen LogP contribution is -2.10. The van der Waals surface area contributed by atoms with Crippen LogP contribution in [0.1, 0.15) is 0 Å². The molecule has 0 amide bonds. The summed E-state index contributed by atoms with van der Waals surface area (Å²) in [7, 11) is 1.67. The van der Waals surface area contributed by atoms with Gasteiger partial charge in [0.25, 0.3) is 0 Å². The SMILES string of the molecule is COCCNc1nc(Nc2cccc(Cl)c2)nc2ccccc12. The molecular formula is C17H17ClN4O. The fourth-order valence-electron chi connectivity index (χ4n) is 2.23. The Morgan fingerprint density at radius 1 is 1.09 bits per heavy atom. The van der Waals surface area contributed by atoms with Crippen LogP contribution in [0.5, 0.6) is 0 Å². The largest absolute Gasteiger partial charge is 0.383 e. The predicted molar refractivity (Wildman–Crippen MR) is 94.6 cm³/mol. The molecule has 0 aliphatic rings. The van der Waals surface area contributed by atoms with E-state index in [0.717, 1.165) is 22.4 Å². The number of fused-ring (bicyclic) bond motifs is 1. The molecule has 6 heteroatoms. The minimum Gasteiger partial charge on any atom is -0.383 e. The quantitative estimate of drug-likeness (QED) is 0.667. The van der Waals surface area contributed by atoms with E-state index in [4.69, 9.17) is 16.3 Å². The molecule has 0 bridgehead atoms. The molecule has 0 atom stereocenters. The number of aromatic nitrogens is 2. The summed E-state index contributed by atoms with van der Waals surface area (Å²) in [6.07, 6.45) is 0. The molecule has 0 spiro atoms. The molecule has 0 saturated carbocycles. The summed E-state index contributed by atoms with van der Waals surface area (Å²) < 4.78 is 5.08. The van der Waals surface area contributed by atoms with Gasteiger partial charge in [0.15, 0.2) is 0 Å². The highest BCUT2D eigenvalue weighted by Crippen LogP contribution is 2.24. The third-order valence-corrected chi connectivity index (χ3v) is 3.52. The Balaban J connectivity index is 1.93. The monoisotopic (exact) mass is 328 g/mol. The van der Waals surface area contributed by atoms with Gasteiger partial charge in [0, 0.05) is 29.8 Å². The number of methoxy groups -OCH3 is 1. The average molecular weight is 329 g/mol. The van der Waals surface area contributed by atoms with E-state index in [2.05, 4.69) is 20.6 Å². The van der Waals surface area contributed by atoms with Crippen LogP contribution in [0.4, 0.5) is 17.5 Å². The Morgan fingerprint density at radius 2 is 1.96 bits per heavy atom. The number of rotatable bonds is 6. The van der Waals surface area contributed by atoms with E-state index in [-0.39, 0.29) is 0 Å². The van der Waals surface area contributed by atoms with Crippen molar-refractivity contribution in [3.63, 3.8) is 0 Å². The van der Waals surface area contributed by atoms with Crippen LogP contribution in [0.3, 0.4) is 0 Å². The molecule has 0 unspecified atom stereocenters. The number of para-hydroxylation sites is 1. The van der Waals surface area contributed by atoms with Crippen molar-refractivity contribution >= 4 is 40.0 Å². The van der Waals surface area contributed by atoms with Gasteiger partial charge in [0.1, 0.15) is 5.82 Å². The molecule has 0 aliphatic heterocycles. The molecule has 5 nitrogen and oxygen atoms in total. The fraction of sp³-hybridized carbons (Fsp3) is 0.176. The maximum Gasteiger partial charge on any atom is 0.229 e. The van der Waals surface area contributed by atoms with Gasteiger partial charge in [0.2, 0.25) is 5.95 Å². The predicted octanol–water partition coefficient (Wildman–Crippen LogP) is 4.09. The van der Waals surface area contributed by atoms with Crippen molar-refractivity contribution in [2.45, 2.75) is 0 Å². The molecule has 0 saturated heterocycles. The molecule has 0 aliphatic carbocycles. The lowest BCUT2D eigenvalue weighted by atomic mass is 10.2. The van der Waals surface area contributed by atoms with Gasteiger partial charge in [-0.25, -0.2) is 4.98 Å².